The molecule has 0 radical (unpaired) electrons. The van der Waals surface area contributed by atoms with Crippen LogP contribution >= 0.6 is 35.2 Å². The van der Waals surface area contributed by atoms with Crippen LogP contribution in [0.5, 0.6) is 5.75 Å². The monoisotopic (exact) mass is 364 g/mol. The molecular weight excluding hydrogens is 352 g/mol. The minimum Gasteiger partial charge on any atom is -0.506 e. The third kappa shape index (κ3) is 2.63. The van der Waals surface area contributed by atoms with Gasteiger partial charge < -0.3 is 14.6 Å². The molecule has 1 N–H and O–H groups in total. The second-order valence-corrected chi connectivity index (χ2v) is 6.81. The summed E-state index contributed by atoms with van der Waals surface area (Å²) in [7, 11) is 3.42. The summed E-state index contributed by atoms with van der Waals surface area (Å²) in [4.78, 5) is 14.6. The van der Waals surface area contributed by atoms with E-state index in [4.69, 9.17) is 23.8 Å². The van der Waals surface area contributed by atoms with Gasteiger partial charge in [0.1, 0.15) is 16.3 Å². The summed E-state index contributed by atoms with van der Waals surface area (Å²) in [5, 5.41) is 14.4. The average Bonchev–Trinajstić information content (AvgIpc) is 3.06. The Morgan fingerprint density at radius 2 is 2.13 bits per heavy atom. The van der Waals surface area contributed by atoms with Crippen LogP contribution in [0.1, 0.15) is 5.56 Å². The number of hydrogen-bond acceptors (Lipinski definition) is 4. The maximum absolute atomic E-state index is 12.7. The minimum atomic E-state index is -0.342. The zero-order valence-corrected chi connectivity index (χ0v) is 14.8. The molecule has 118 valence electrons. The van der Waals surface area contributed by atoms with Gasteiger partial charge in [0, 0.05) is 24.5 Å². The first-order chi connectivity index (χ1) is 10.9. The molecule has 3 aromatic rings. The third-order valence-corrected chi connectivity index (χ3v) is 5.34. The van der Waals surface area contributed by atoms with Crippen molar-refractivity contribution in [2.24, 2.45) is 7.05 Å². The Balaban J connectivity index is 2.25. The van der Waals surface area contributed by atoms with Crippen molar-refractivity contribution in [1.82, 2.24) is 4.57 Å². The van der Waals surface area contributed by atoms with Crippen molar-refractivity contribution in [3.8, 4) is 5.75 Å². The van der Waals surface area contributed by atoms with Crippen LogP contribution < -0.4 is 10.5 Å². The number of aryl methyl sites for hydroxylation is 1. The quantitative estimate of drug-likeness (QED) is 0.703. The molecule has 0 bridgehead atoms. The van der Waals surface area contributed by atoms with Gasteiger partial charge in [0.25, 0.3) is 5.56 Å². The van der Waals surface area contributed by atoms with Gasteiger partial charge in [-0.3, -0.25) is 4.79 Å². The van der Waals surface area contributed by atoms with E-state index in [0.717, 1.165) is 5.00 Å². The highest BCUT2D eigenvalue weighted by molar-refractivity contribution is 7.81. The topological polar surface area (TPSA) is 45.5 Å². The summed E-state index contributed by atoms with van der Waals surface area (Å²) >= 11 is 13.0. The average molecular weight is 365 g/mol. The standard InChI is InChI=1S/C16H13ClN2O2S2/c1-18-11-6-5-9(17)8-10(11)14(20)13(15(18)21)16(22)19(2)12-4-3-7-23-12/h3-8,20H,1-2H3. The number of thiocarbonyl (C=S) groups is 1. The smallest absolute Gasteiger partial charge is 0.264 e. The number of halogens is 1. The van der Waals surface area contributed by atoms with Crippen molar-refractivity contribution in [3.63, 3.8) is 0 Å². The Morgan fingerprint density at radius 1 is 1.39 bits per heavy atom. The number of aromatic hydroxyl groups is 1. The van der Waals surface area contributed by atoms with Crippen LogP contribution in [0.2, 0.25) is 5.02 Å². The van der Waals surface area contributed by atoms with Gasteiger partial charge in [-0.15, -0.1) is 11.3 Å². The molecule has 23 heavy (non-hydrogen) atoms. The molecule has 2 aromatic heterocycles. The minimum absolute atomic E-state index is 0.105. The van der Waals surface area contributed by atoms with E-state index in [0.29, 0.717) is 15.9 Å². The van der Waals surface area contributed by atoms with Gasteiger partial charge in [-0.05, 0) is 35.7 Å². The van der Waals surface area contributed by atoms with Gasteiger partial charge in [0.2, 0.25) is 0 Å². The normalized spacial score (nSPS) is 10.9. The van der Waals surface area contributed by atoms with Crippen molar-refractivity contribution in [2.45, 2.75) is 0 Å². The van der Waals surface area contributed by atoms with Crippen molar-refractivity contribution < 1.29 is 5.11 Å². The summed E-state index contributed by atoms with van der Waals surface area (Å²) in [6.07, 6.45) is 0. The van der Waals surface area contributed by atoms with E-state index < -0.39 is 0 Å². The lowest BCUT2D eigenvalue weighted by Crippen LogP contribution is -2.33. The third-order valence-electron chi connectivity index (χ3n) is 3.69. The molecule has 0 aliphatic heterocycles. The Hall–Kier alpha value is -1.89. The van der Waals surface area contributed by atoms with Crippen LogP contribution in [0, 0.1) is 0 Å². The Bertz CT molecular complexity index is 964. The molecule has 0 amide bonds. The lowest BCUT2D eigenvalue weighted by atomic mass is 10.1. The molecule has 0 saturated carbocycles. The van der Waals surface area contributed by atoms with E-state index in [1.54, 1.807) is 37.2 Å². The number of fused-ring (bicyclic) bond motifs is 1. The highest BCUT2D eigenvalue weighted by Gasteiger charge is 2.22. The van der Waals surface area contributed by atoms with Crippen molar-refractivity contribution in [2.75, 3.05) is 11.9 Å². The number of benzene rings is 1. The molecule has 1 aromatic carbocycles. The zero-order valence-electron chi connectivity index (χ0n) is 12.4. The molecule has 0 aliphatic carbocycles. The molecule has 0 unspecified atom stereocenters. The molecule has 0 fully saturated rings. The van der Waals surface area contributed by atoms with E-state index in [1.165, 1.54) is 15.9 Å². The van der Waals surface area contributed by atoms with Crippen LogP contribution in [0.15, 0.2) is 40.5 Å². The molecule has 7 heteroatoms. The highest BCUT2D eigenvalue weighted by Crippen LogP contribution is 2.31. The maximum Gasteiger partial charge on any atom is 0.264 e. The zero-order chi connectivity index (χ0) is 16.7. The van der Waals surface area contributed by atoms with E-state index in [-0.39, 0.29) is 21.9 Å². The number of rotatable bonds is 2. The predicted octanol–water partition coefficient (Wildman–Crippen LogP) is 3.77. The summed E-state index contributed by atoms with van der Waals surface area (Å²) in [6.45, 7) is 0. The van der Waals surface area contributed by atoms with Crippen molar-refractivity contribution in [3.05, 3.63) is 56.7 Å². The van der Waals surface area contributed by atoms with Gasteiger partial charge >= 0.3 is 0 Å². The summed E-state index contributed by atoms with van der Waals surface area (Å²) in [5.41, 5.74) is 0.362. The van der Waals surface area contributed by atoms with E-state index in [1.807, 2.05) is 17.5 Å². The molecule has 0 spiro atoms. The van der Waals surface area contributed by atoms with Gasteiger partial charge in [-0.2, -0.15) is 0 Å². The number of hydrogen-bond donors (Lipinski definition) is 1. The summed E-state index contributed by atoms with van der Waals surface area (Å²) in [5.74, 6) is -0.140. The van der Waals surface area contributed by atoms with Crippen LogP contribution in [0.25, 0.3) is 10.9 Å². The number of aromatic nitrogens is 1. The molecule has 0 aliphatic rings. The van der Waals surface area contributed by atoms with Crippen LogP contribution in [-0.2, 0) is 7.05 Å². The first-order valence-corrected chi connectivity index (χ1v) is 8.41. The number of thiophene rings is 1. The number of nitrogens with zero attached hydrogens (tertiary/aromatic N) is 2. The largest absolute Gasteiger partial charge is 0.506 e. The highest BCUT2D eigenvalue weighted by atomic mass is 35.5. The second kappa shape index (κ2) is 5.96. The van der Waals surface area contributed by atoms with Crippen LogP contribution in [-0.4, -0.2) is 21.7 Å². The first-order valence-electron chi connectivity index (χ1n) is 6.74. The lowest BCUT2D eigenvalue weighted by molar-refractivity contribution is 0.478. The predicted molar refractivity (Wildman–Crippen MR) is 100 cm³/mol. The molecule has 2 heterocycles. The van der Waals surface area contributed by atoms with E-state index >= 15 is 0 Å². The Kier molecular flexibility index (Phi) is 4.14. The van der Waals surface area contributed by atoms with E-state index in [9.17, 15) is 9.90 Å². The molecule has 0 atom stereocenters. The van der Waals surface area contributed by atoms with Crippen LogP contribution in [0.4, 0.5) is 5.00 Å². The Morgan fingerprint density at radius 3 is 2.78 bits per heavy atom. The van der Waals surface area contributed by atoms with Gasteiger partial charge in [-0.25, -0.2) is 0 Å². The van der Waals surface area contributed by atoms with Crippen molar-refractivity contribution >= 4 is 56.0 Å². The van der Waals surface area contributed by atoms with Crippen molar-refractivity contribution in [1.29, 1.82) is 0 Å². The number of anilines is 1. The fourth-order valence-electron chi connectivity index (χ4n) is 2.42. The van der Waals surface area contributed by atoms with Gasteiger partial charge in [0.05, 0.1) is 10.5 Å². The molecule has 3 rings (SSSR count). The molecule has 4 nitrogen and oxygen atoms in total. The maximum atomic E-state index is 12.7. The second-order valence-electron chi connectivity index (χ2n) is 5.06. The Labute approximate surface area is 147 Å². The fraction of sp³-hybridized carbons (Fsp3) is 0.125. The molecule has 0 saturated heterocycles. The van der Waals surface area contributed by atoms with E-state index in [2.05, 4.69) is 0 Å². The first kappa shape index (κ1) is 16.0. The van der Waals surface area contributed by atoms with Gasteiger partial charge in [-0.1, -0.05) is 23.8 Å². The molecular formula is C16H13ClN2O2S2. The van der Waals surface area contributed by atoms with Crippen LogP contribution in [0.3, 0.4) is 0 Å². The SMILES string of the molecule is CN(C(=S)c1c(O)c2cc(Cl)ccc2n(C)c1=O)c1cccs1. The fourth-order valence-corrected chi connectivity index (χ4v) is 3.64. The summed E-state index contributed by atoms with van der Waals surface area (Å²) in [6, 6.07) is 8.81. The number of pyridine rings is 1. The summed E-state index contributed by atoms with van der Waals surface area (Å²) < 4.78 is 1.47. The van der Waals surface area contributed by atoms with Gasteiger partial charge in [0.15, 0.2) is 0 Å². The lowest BCUT2D eigenvalue weighted by Gasteiger charge is -2.20.